The van der Waals surface area contributed by atoms with E-state index in [4.69, 9.17) is 0 Å². The molecule has 1 nitrogen and oxygen atoms in total. The van der Waals surface area contributed by atoms with Crippen molar-refractivity contribution >= 4 is 17.1 Å². The van der Waals surface area contributed by atoms with E-state index < -0.39 is 0 Å². The summed E-state index contributed by atoms with van der Waals surface area (Å²) in [5, 5.41) is 0. The van der Waals surface area contributed by atoms with Crippen LogP contribution in [0, 0.1) is 0 Å². The van der Waals surface area contributed by atoms with Crippen molar-refractivity contribution in [3.63, 3.8) is 0 Å². The molecule has 0 saturated heterocycles. The minimum absolute atomic E-state index is 0.0653. The average Bonchev–Trinajstić information content (AvgIpc) is 3.68. The van der Waals surface area contributed by atoms with E-state index in [1.54, 1.807) is 0 Å². The Morgan fingerprint density at radius 2 is 0.656 bits per heavy atom. The van der Waals surface area contributed by atoms with Crippen LogP contribution in [0.25, 0.3) is 66.8 Å². The predicted octanol–water partition coefficient (Wildman–Crippen LogP) is 16.4. The summed E-state index contributed by atoms with van der Waals surface area (Å²) in [6.45, 7) is 9.58. The van der Waals surface area contributed by atoms with Gasteiger partial charge in [0.15, 0.2) is 0 Å². The molecule has 0 atom stereocenters. The first-order valence-corrected chi connectivity index (χ1v) is 21.5. The maximum absolute atomic E-state index is 2.53. The second-order valence-electron chi connectivity index (χ2n) is 17.7. The first kappa shape index (κ1) is 36.8. The summed E-state index contributed by atoms with van der Waals surface area (Å²) in [6.07, 6.45) is 0. The SMILES string of the molecule is CC1(C)c2ccccc2-c2cc3c(cc21)-c1c(-c2ccccc2-c2ccc(N(c4ccc(-c5ccccc5)cc4)c4ccc(-c5ccccc5)cc4)cc2)cccc1C3(C)C. The first-order valence-electron chi connectivity index (χ1n) is 21.5. The smallest absolute Gasteiger partial charge is 0.0462 e. The molecule has 2 aliphatic rings. The van der Waals surface area contributed by atoms with Gasteiger partial charge in [-0.05, 0) is 138 Å². The number of fused-ring (bicyclic) bond motifs is 6. The van der Waals surface area contributed by atoms with Crippen LogP contribution in [0.1, 0.15) is 49.9 Å². The van der Waals surface area contributed by atoms with Crippen molar-refractivity contribution in [1.82, 2.24) is 0 Å². The Morgan fingerprint density at radius 1 is 0.262 bits per heavy atom. The molecular weight excluding hydrogens is 735 g/mol. The number of hydrogen-bond donors (Lipinski definition) is 0. The normalized spacial score (nSPS) is 13.8. The molecule has 0 bridgehead atoms. The van der Waals surface area contributed by atoms with E-state index in [1.165, 1.54) is 89.0 Å². The summed E-state index contributed by atoms with van der Waals surface area (Å²) in [5.74, 6) is 0. The highest BCUT2D eigenvalue weighted by atomic mass is 15.1. The molecule has 0 amide bonds. The third kappa shape index (κ3) is 5.99. The van der Waals surface area contributed by atoms with Gasteiger partial charge in [0.2, 0.25) is 0 Å². The van der Waals surface area contributed by atoms with E-state index in [0.717, 1.165) is 17.1 Å². The summed E-state index contributed by atoms with van der Waals surface area (Å²) in [6, 6.07) is 78.2. The Morgan fingerprint density at radius 3 is 1.23 bits per heavy atom. The Kier molecular flexibility index (Phi) is 8.58. The first-order chi connectivity index (χ1) is 29.8. The van der Waals surface area contributed by atoms with Gasteiger partial charge < -0.3 is 4.90 Å². The standard InChI is InChI=1S/C60H47N/c1-59(2)54-24-14-13-22-50(54)52-38-57-53(39-56(52)59)58-51(23-15-25-55(58)60(57,3)4)49-21-12-11-20-48(49)44-30-36-47(37-31-44)61(45-32-26-42(27-33-45)40-16-7-5-8-17-40)46-34-28-43(29-35-46)41-18-9-6-10-19-41/h5-39H,1-4H3. The van der Waals surface area contributed by atoms with Crippen molar-refractivity contribution in [3.8, 4) is 66.8 Å². The number of hydrogen-bond acceptors (Lipinski definition) is 1. The van der Waals surface area contributed by atoms with Crippen molar-refractivity contribution in [1.29, 1.82) is 0 Å². The van der Waals surface area contributed by atoms with E-state index >= 15 is 0 Å². The zero-order valence-corrected chi connectivity index (χ0v) is 35.2. The van der Waals surface area contributed by atoms with E-state index in [-0.39, 0.29) is 10.8 Å². The molecule has 2 aliphatic carbocycles. The second kappa shape index (κ2) is 14.2. The highest BCUT2D eigenvalue weighted by Gasteiger charge is 2.42. The molecule has 0 fully saturated rings. The monoisotopic (exact) mass is 781 g/mol. The van der Waals surface area contributed by atoms with Crippen molar-refractivity contribution in [3.05, 3.63) is 235 Å². The van der Waals surface area contributed by atoms with Crippen molar-refractivity contribution in [2.45, 2.75) is 38.5 Å². The summed E-state index contributed by atoms with van der Waals surface area (Å²) >= 11 is 0. The van der Waals surface area contributed by atoms with Crippen LogP contribution in [-0.2, 0) is 10.8 Å². The topological polar surface area (TPSA) is 3.24 Å². The van der Waals surface area contributed by atoms with Crippen LogP contribution in [0.4, 0.5) is 17.1 Å². The molecule has 61 heavy (non-hydrogen) atoms. The van der Waals surface area contributed by atoms with Crippen LogP contribution in [-0.4, -0.2) is 0 Å². The Balaban J connectivity index is 0.995. The van der Waals surface area contributed by atoms with Crippen LogP contribution >= 0.6 is 0 Å². The third-order valence-corrected chi connectivity index (χ3v) is 13.5. The Labute approximate surface area is 360 Å². The summed E-state index contributed by atoms with van der Waals surface area (Å²) in [4.78, 5) is 2.36. The fourth-order valence-corrected chi connectivity index (χ4v) is 10.3. The molecule has 0 unspecified atom stereocenters. The van der Waals surface area contributed by atoms with E-state index in [0.29, 0.717) is 0 Å². The van der Waals surface area contributed by atoms with Gasteiger partial charge in [-0.1, -0.05) is 191 Å². The summed E-state index contributed by atoms with van der Waals surface area (Å²) in [5.41, 5.74) is 24.1. The number of rotatable bonds is 7. The minimum atomic E-state index is -0.129. The molecule has 0 N–H and O–H groups in total. The molecule has 0 radical (unpaired) electrons. The van der Waals surface area contributed by atoms with Gasteiger partial charge in [-0.3, -0.25) is 0 Å². The lowest BCUT2D eigenvalue weighted by Gasteiger charge is -2.26. The molecule has 292 valence electrons. The quantitative estimate of drug-likeness (QED) is 0.156. The molecule has 0 saturated carbocycles. The molecule has 0 aliphatic heterocycles. The van der Waals surface area contributed by atoms with E-state index in [1.807, 2.05) is 0 Å². The van der Waals surface area contributed by atoms with E-state index in [2.05, 4.69) is 245 Å². The van der Waals surface area contributed by atoms with Gasteiger partial charge in [-0.2, -0.15) is 0 Å². The Bertz CT molecular complexity index is 3000. The number of benzene rings is 9. The lowest BCUT2D eigenvalue weighted by molar-refractivity contribution is 0.652. The molecule has 9 aromatic rings. The van der Waals surface area contributed by atoms with Crippen molar-refractivity contribution in [2.75, 3.05) is 4.90 Å². The molecule has 0 aromatic heterocycles. The highest BCUT2D eigenvalue weighted by molar-refractivity contribution is 5.99. The molecule has 1 heteroatoms. The number of anilines is 3. The van der Waals surface area contributed by atoms with Crippen LogP contribution in [0.3, 0.4) is 0 Å². The lowest BCUT2D eigenvalue weighted by Crippen LogP contribution is -2.16. The fourth-order valence-electron chi connectivity index (χ4n) is 10.3. The maximum atomic E-state index is 2.53. The molecular formula is C60H47N. The van der Waals surface area contributed by atoms with Crippen molar-refractivity contribution < 1.29 is 0 Å². The van der Waals surface area contributed by atoms with Crippen LogP contribution in [0.2, 0.25) is 0 Å². The van der Waals surface area contributed by atoms with Gasteiger partial charge in [-0.25, -0.2) is 0 Å². The van der Waals surface area contributed by atoms with Crippen LogP contribution < -0.4 is 4.90 Å². The average molecular weight is 782 g/mol. The van der Waals surface area contributed by atoms with E-state index in [9.17, 15) is 0 Å². The zero-order valence-electron chi connectivity index (χ0n) is 35.2. The lowest BCUT2D eigenvalue weighted by atomic mass is 9.79. The van der Waals surface area contributed by atoms with Gasteiger partial charge in [0, 0.05) is 27.9 Å². The third-order valence-electron chi connectivity index (χ3n) is 13.5. The van der Waals surface area contributed by atoms with Gasteiger partial charge in [0.1, 0.15) is 0 Å². The van der Waals surface area contributed by atoms with Crippen LogP contribution in [0.5, 0.6) is 0 Å². The number of nitrogens with zero attached hydrogens (tertiary/aromatic N) is 1. The predicted molar refractivity (Wildman–Crippen MR) is 258 cm³/mol. The molecule has 11 rings (SSSR count). The fraction of sp³-hybridized carbons (Fsp3) is 0.100. The summed E-state index contributed by atoms with van der Waals surface area (Å²) in [7, 11) is 0. The molecule has 9 aromatic carbocycles. The largest absolute Gasteiger partial charge is 0.311 e. The van der Waals surface area contributed by atoms with Crippen LogP contribution in [0.15, 0.2) is 212 Å². The summed E-state index contributed by atoms with van der Waals surface area (Å²) < 4.78 is 0. The minimum Gasteiger partial charge on any atom is -0.311 e. The molecule has 0 spiro atoms. The maximum Gasteiger partial charge on any atom is 0.0462 e. The molecule has 0 heterocycles. The van der Waals surface area contributed by atoms with Gasteiger partial charge in [0.25, 0.3) is 0 Å². The second-order valence-corrected chi connectivity index (χ2v) is 17.7. The van der Waals surface area contributed by atoms with Gasteiger partial charge >= 0.3 is 0 Å². The van der Waals surface area contributed by atoms with Crippen molar-refractivity contribution in [2.24, 2.45) is 0 Å². The zero-order chi connectivity index (χ0) is 41.3. The highest BCUT2D eigenvalue weighted by Crippen LogP contribution is 2.58. The van der Waals surface area contributed by atoms with Gasteiger partial charge in [0.05, 0.1) is 0 Å². The van der Waals surface area contributed by atoms with Gasteiger partial charge in [-0.15, -0.1) is 0 Å². The Hall–Kier alpha value is -7.22.